The third-order valence-electron chi connectivity index (χ3n) is 10.0. The molecule has 8 rings (SSSR count). The summed E-state index contributed by atoms with van der Waals surface area (Å²) in [6.07, 6.45) is 4.80. The van der Waals surface area contributed by atoms with Crippen LogP contribution in [0.2, 0.25) is 0 Å². The maximum atomic E-state index is 12.3. The van der Waals surface area contributed by atoms with E-state index in [0.717, 1.165) is 52.8 Å². The zero-order chi connectivity index (χ0) is 26.6. The van der Waals surface area contributed by atoms with Crippen molar-refractivity contribution in [1.29, 1.82) is 0 Å². The quantitative estimate of drug-likeness (QED) is 0.250. The van der Waals surface area contributed by atoms with Crippen LogP contribution in [0.15, 0.2) is 85.1 Å². The molecular formula is C35H37ClN2O2. The van der Waals surface area contributed by atoms with Gasteiger partial charge in [0.2, 0.25) is 0 Å². The molecule has 3 saturated heterocycles. The van der Waals surface area contributed by atoms with Gasteiger partial charge in [-0.25, -0.2) is 0 Å². The van der Waals surface area contributed by atoms with Gasteiger partial charge in [0.1, 0.15) is 24.4 Å². The predicted octanol–water partition coefficient (Wildman–Crippen LogP) is 4.42. The molecule has 0 spiro atoms. The Hall–Kier alpha value is -3.18. The van der Waals surface area contributed by atoms with Crippen molar-refractivity contribution in [3.05, 3.63) is 96.2 Å². The molecule has 206 valence electrons. The van der Waals surface area contributed by atoms with Crippen LogP contribution < -0.4 is 17.1 Å². The summed E-state index contributed by atoms with van der Waals surface area (Å²) in [5, 5.41) is 18.6. The standard InChI is InChI=1S/C35H37N2O2.ClH/c1-3-23-21-37(22-32-28-10-6-4-8-25(28)18-26-9-5-7-11-29(26)32)17-15-24(23)19-34(37)35(38)30-14-16-36-33-13-12-27(39-2)20-31(30)33;/h4-14,16,18,20,23-24,34-35,38H,3,15,17,19,21-22H2,1-2H3;1H/q+1;/p-1/t23?,24?,34?,35-,37?;/m1./s1. The van der Waals surface area contributed by atoms with Crippen molar-refractivity contribution in [2.24, 2.45) is 11.8 Å². The highest BCUT2D eigenvalue weighted by molar-refractivity contribution is 6.02. The van der Waals surface area contributed by atoms with Gasteiger partial charge < -0.3 is 26.7 Å². The van der Waals surface area contributed by atoms with E-state index in [4.69, 9.17) is 4.74 Å². The number of hydrogen-bond acceptors (Lipinski definition) is 3. The van der Waals surface area contributed by atoms with Crippen LogP contribution in [0, 0.1) is 11.8 Å². The molecule has 3 aliphatic rings. The SMILES string of the molecule is CCC1C[N+]2(Cc3c4ccccc4cc4ccccc34)CCC1CC2[C@H](O)c1ccnc2ccc(OC)cc12.[Cl-]. The van der Waals surface area contributed by atoms with Crippen molar-refractivity contribution >= 4 is 32.4 Å². The lowest BCUT2D eigenvalue weighted by atomic mass is 9.70. The van der Waals surface area contributed by atoms with Gasteiger partial charge in [-0.15, -0.1) is 0 Å². The van der Waals surface area contributed by atoms with E-state index in [1.165, 1.54) is 39.9 Å². The molecule has 5 atom stereocenters. The number of aromatic nitrogens is 1. The summed E-state index contributed by atoms with van der Waals surface area (Å²) < 4.78 is 6.49. The summed E-state index contributed by atoms with van der Waals surface area (Å²) in [7, 11) is 1.69. The summed E-state index contributed by atoms with van der Waals surface area (Å²) in [4.78, 5) is 4.60. The van der Waals surface area contributed by atoms with Crippen molar-refractivity contribution in [3.63, 3.8) is 0 Å². The van der Waals surface area contributed by atoms with E-state index in [1.807, 2.05) is 30.5 Å². The Balaban J connectivity index is 0.00000289. The van der Waals surface area contributed by atoms with Gasteiger partial charge in [0.15, 0.2) is 0 Å². The molecule has 0 amide bonds. The molecule has 3 fully saturated rings. The number of pyridine rings is 1. The van der Waals surface area contributed by atoms with Gasteiger partial charge in [-0.1, -0.05) is 55.5 Å². The molecule has 1 N–H and O–H groups in total. The first-order valence-corrected chi connectivity index (χ1v) is 14.5. The second-order valence-corrected chi connectivity index (χ2v) is 11.8. The fourth-order valence-corrected chi connectivity index (χ4v) is 8.00. The highest BCUT2D eigenvalue weighted by Gasteiger charge is 2.54. The van der Waals surface area contributed by atoms with E-state index in [2.05, 4.69) is 66.5 Å². The number of aliphatic hydroxyl groups excluding tert-OH is 1. The largest absolute Gasteiger partial charge is 1.00 e. The van der Waals surface area contributed by atoms with Crippen molar-refractivity contribution < 1.29 is 26.7 Å². The maximum absolute atomic E-state index is 12.3. The van der Waals surface area contributed by atoms with Gasteiger partial charge in [0.05, 0.1) is 25.7 Å². The van der Waals surface area contributed by atoms with Crippen LogP contribution in [-0.4, -0.2) is 40.8 Å². The van der Waals surface area contributed by atoms with Gasteiger partial charge in [0, 0.05) is 35.9 Å². The summed E-state index contributed by atoms with van der Waals surface area (Å²) in [5.74, 6) is 2.19. The van der Waals surface area contributed by atoms with Crippen molar-refractivity contribution in [3.8, 4) is 5.75 Å². The van der Waals surface area contributed by atoms with Crippen LogP contribution in [0.25, 0.3) is 32.4 Å². The average Bonchev–Trinajstić information content (AvgIpc) is 3.00. The van der Waals surface area contributed by atoms with Crippen LogP contribution in [0.4, 0.5) is 0 Å². The number of nitrogens with zero attached hydrogens (tertiary/aromatic N) is 2. The molecule has 0 aliphatic carbocycles. The smallest absolute Gasteiger partial charge is 0.131 e. The molecule has 0 radical (unpaired) electrons. The van der Waals surface area contributed by atoms with Gasteiger partial charge in [0.25, 0.3) is 0 Å². The Morgan fingerprint density at radius 3 is 2.38 bits per heavy atom. The Kier molecular flexibility index (Phi) is 7.20. The number of methoxy groups -OCH3 is 1. The summed E-state index contributed by atoms with van der Waals surface area (Å²) in [5.41, 5.74) is 3.31. The zero-order valence-corrected chi connectivity index (χ0v) is 24.0. The molecule has 4 unspecified atom stereocenters. The molecule has 4 nitrogen and oxygen atoms in total. The van der Waals surface area contributed by atoms with Crippen molar-refractivity contribution in [1.82, 2.24) is 4.98 Å². The van der Waals surface area contributed by atoms with E-state index >= 15 is 0 Å². The number of piperidine rings is 3. The van der Waals surface area contributed by atoms with Gasteiger partial charge in [-0.05, 0) is 69.8 Å². The minimum atomic E-state index is -0.565. The van der Waals surface area contributed by atoms with Crippen molar-refractivity contribution in [2.45, 2.75) is 44.9 Å². The minimum absolute atomic E-state index is 0. The van der Waals surface area contributed by atoms with Crippen LogP contribution in [0.5, 0.6) is 5.75 Å². The first kappa shape index (κ1) is 27.0. The first-order valence-electron chi connectivity index (χ1n) is 14.5. The monoisotopic (exact) mass is 552 g/mol. The fourth-order valence-electron chi connectivity index (χ4n) is 8.00. The molecule has 5 aromatic rings. The zero-order valence-electron chi connectivity index (χ0n) is 23.3. The lowest BCUT2D eigenvalue weighted by molar-refractivity contribution is -0.985. The van der Waals surface area contributed by atoms with Crippen molar-refractivity contribution in [2.75, 3.05) is 20.2 Å². The maximum Gasteiger partial charge on any atom is 0.131 e. The van der Waals surface area contributed by atoms with E-state index in [9.17, 15) is 5.11 Å². The topological polar surface area (TPSA) is 42.4 Å². The molecule has 40 heavy (non-hydrogen) atoms. The molecule has 4 aromatic carbocycles. The van der Waals surface area contributed by atoms with E-state index in [-0.39, 0.29) is 18.4 Å². The number of aliphatic hydroxyl groups is 1. The van der Waals surface area contributed by atoms with Crippen LogP contribution in [0.1, 0.15) is 43.4 Å². The number of halogens is 1. The molecular weight excluding hydrogens is 516 g/mol. The van der Waals surface area contributed by atoms with E-state index < -0.39 is 6.10 Å². The van der Waals surface area contributed by atoms with Gasteiger partial charge in [-0.3, -0.25) is 4.98 Å². The molecule has 0 saturated carbocycles. The highest BCUT2D eigenvalue weighted by atomic mass is 35.5. The third kappa shape index (κ3) is 4.34. The highest BCUT2D eigenvalue weighted by Crippen LogP contribution is 2.49. The average molecular weight is 553 g/mol. The lowest BCUT2D eigenvalue weighted by Gasteiger charge is -2.58. The summed E-state index contributed by atoms with van der Waals surface area (Å²) in [6, 6.07) is 28.2. The molecule has 2 bridgehead atoms. The predicted molar refractivity (Wildman–Crippen MR) is 159 cm³/mol. The van der Waals surface area contributed by atoms with Gasteiger partial charge in [-0.2, -0.15) is 0 Å². The first-order chi connectivity index (χ1) is 19.1. The Morgan fingerprint density at radius 1 is 0.950 bits per heavy atom. The van der Waals surface area contributed by atoms with E-state index in [0.29, 0.717) is 11.8 Å². The lowest BCUT2D eigenvalue weighted by Crippen LogP contribution is -3.00. The number of hydrogen-bond donors (Lipinski definition) is 1. The number of quaternary nitrogens is 1. The molecule has 5 heteroatoms. The summed E-state index contributed by atoms with van der Waals surface area (Å²) >= 11 is 0. The number of ether oxygens (including phenoxy) is 1. The summed E-state index contributed by atoms with van der Waals surface area (Å²) in [6.45, 7) is 5.54. The molecule has 4 heterocycles. The second kappa shape index (κ2) is 10.7. The van der Waals surface area contributed by atoms with Crippen LogP contribution >= 0.6 is 0 Å². The Bertz CT molecular complexity index is 1630. The minimum Gasteiger partial charge on any atom is -1.00 e. The second-order valence-electron chi connectivity index (χ2n) is 11.8. The van der Waals surface area contributed by atoms with Crippen LogP contribution in [0.3, 0.4) is 0 Å². The normalized spacial score (nSPS) is 24.7. The fraction of sp³-hybridized carbons (Fsp3) is 0.343. The van der Waals surface area contributed by atoms with Crippen LogP contribution in [-0.2, 0) is 6.54 Å². The van der Waals surface area contributed by atoms with E-state index in [1.54, 1.807) is 7.11 Å². The number of benzene rings is 4. The van der Waals surface area contributed by atoms with Gasteiger partial charge >= 0.3 is 0 Å². The molecule has 1 aromatic heterocycles. The number of rotatable bonds is 6. The molecule has 3 aliphatic heterocycles. The Morgan fingerprint density at radius 2 is 1.68 bits per heavy atom. The third-order valence-corrected chi connectivity index (χ3v) is 10.0. The Labute approximate surface area is 242 Å². The number of fused-ring (bicyclic) bond motifs is 6.